The Morgan fingerprint density at radius 2 is 1.08 bits per heavy atom. The summed E-state index contributed by atoms with van der Waals surface area (Å²) in [6.45, 7) is 5.59. The molecule has 37 heavy (non-hydrogen) atoms. The normalized spacial score (nSPS) is 13.8. The van der Waals surface area contributed by atoms with Gasteiger partial charge in [0.05, 0.1) is 3.91 Å². The molecule has 0 amide bonds. The molecule has 1 rings (SSSR count). The summed E-state index contributed by atoms with van der Waals surface area (Å²) in [5.41, 5.74) is -19.8. The average Bonchev–Trinajstić information content (AvgIpc) is 2.68. The third-order valence-corrected chi connectivity index (χ3v) is 11.4. The van der Waals surface area contributed by atoms with E-state index in [1.54, 1.807) is 0 Å². The molecule has 0 unspecified atom stereocenters. The van der Waals surface area contributed by atoms with E-state index in [-0.39, 0.29) is 0 Å². The third-order valence-electron chi connectivity index (χ3n) is 4.35. The summed E-state index contributed by atoms with van der Waals surface area (Å²) in [6.07, 6.45) is 12.6. The zero-order chi connectivity index (χ0) is 29.5. The Kier molecular flexibility index (Phi) is 12.4. The lowest BCUT2D eigenvalue weighted by molar-refractivity contribution is -0.697. The number of pyridine rings is 1. The van der Waals surface area contributed by atoms with Crippen molar-refractivity contribution in [3.63, 3.8) is 0 Å². The summed E-state index contributed by atoms with van der Waals surface area (Å²) < 4.78 is 170. The van der Waals surface area contributed by atoms with Crippen LogP contribution < -0.4 is 4.57 Å². The number of unbranched alkanes of at least 4 members (excludes halogenated alkanes) is 5. The molecule has 0 aromatic carbocycles. The fraction of sp³-hybridized carbons (Fsp3) is 0.667. The van der Waals surface area contributed by atoms with Gasteiger partial charge in [0.1, 0.15) is 6.54 Å². The summed E-state index contributed by atoms with van der Waals surface area (Å²) in [6, 6.07) is 4.28. The molecule has 0 saturated carbocycles. The first-order chi connectivity index (χ1) is 16.4. The average molecular weight is 618 g/mol. The Morgan fingerprint density at radius 1 is 0.703 bits per heavy atom. The van der Waals surface area contributed by atoms with E-state index in [1.807, 2.05) is 0 Å². The Balaban J connectivity index is 0.000000749. The lowest BCUT2D eigenvalue weighted by Crippen LogP contribution is -2.47. The summed E-state index contributed by atoms with van der Waals surface area (Å²) in [4.78, 5) is 0. The van der Waals surface area contributed by atoms with Crippen LogP contribution in [0.4, 0.5) is 39.5 Å². The minimum Gasteiger partial charge on any atom is -0.251 e. The fourth-order valence-corrected chi connectivity index (χ4v) is 8.32. The van der Waals surface area contributed by atoms with Crippen molar-refractivity contribution < 1.29 is 69.3 Å². The molecule has 0 atom stereocenters. The molecule has 0 aliphatic carbocycles. The molecule has 1 aromatic heterocycles. The van der Waals surface area contributed by atoms with Crippen molar-refractivity contribution >= 4 is 29.5 Å². The van der Waals surface area contributed by atoms with Gasteiger partial charge in [-0.3, -0.25) is 25.3 Å². The van der Waals surface area contributed by atoms with Crippen LogP contribution in [-0.4, -0.2) is 41.8 Å². The van der Waals surface area contributed by atoms with Gasteiger partial charge < -0.3 is 0 Å². The lowest BCUT2D eigenvalue weighted by Gasteiger charge is -2.31. The quantitative estimate of drug-likeness (QED) is 0.160. The largest absolute Gasteiger partial charge is 0.470 e. The predicted molar refractivity (Wildman–Crippen MR) is 113 cm³/mol. The number of rotatable bonds is 10. The number of alkyl halides is 9. The van der Waals surface area contributed by atoms with Gasteiger partial charge in [0.2, 0.25) is 0 Å². The van der Waals surface area contributed by atoms with Crippen LogP contribution >= 0.6 is 0 Å². The molecule has 0 N–H and O–H groups in total. The molecule has 1 heterocycles. The van der Waals surface area contributed by atoms with Gasteiger partial charge in [0, 0.05) is 18.1 Å². The highest BCUT2D eigenvalue weighted by molar-refractivity contribution is 8.29. The molecule has 0 aliphatic heterocycles. The third kappa shape index (κ3) is 9.56. The Hall–Kier alpha value is -1.63. The van der Waals surface area contributed by atoms with Gasteiger partial charge in [-0.05, 0) is 19.4 Å². The number of hydrogen-bond donors (Lipinski definition) is 0. The second-order valence-corrected chi connectivity index (χ2v) is 13.9. The van der Waals surface area contributed by atoms with Crippen LogP contribution in [0.25, 0.3) is 0 Å². The molecular weight excluding hydrogens is 593 g/mol. The molecule has 1 aromatic rings. The minimum atomic E-state index is -8.02. The van der Waals surface area contributed by atoms with Crippen molar-refractivity contribution in [2.24, 2.45) is 0 Å². The standard InChI is InChI=1S/C14H24N.C4F9O6S3/c1-3-4-5-6-7-8-11-15-12-9-10-14(2)13-15;5-2(6,7)20(14,15)1(21(16,17)3(8,9)10)22(18,19)4(11,12)13/h9-10,12-13H,3-8,11H2,1-2H3;/q+1;-1. The van der Waals surface area contributed by atoms with Crippen LogP contribution in [0.1, 0.15) is 51.0 Å². The monoisotopic (exact) mass is 617 g/mol. The molecule has 0 spiro atoms. The van der Waals surface area contributed by atoms with Crippen molar-refractivity contribution in [3.05, 3.63) is 34.0 Å². The van der Waals surface area contributed by atoms with Crippen LogP contribution in [0.2, 0.25) is 0 Å². The summed E-state index contributed by atoms with van der Waals surface area (Å²) in [7, 11) is -24.1. The van der Waals surface area contributed by atoms with Crippen LogP contribution in [-0.2, 0) is 36.1 Å². The molecule has 19 heteroatoms. The second kappa shape index (κ2) is 12.9. The number of sulfone groups is 3. The topological polar surface area (TPSA) is 106 Å². The zero-order valence-electron chi connectivity index (χ0n) is 19.3. The first-order valence-electron chi connectivity index (χ1n) is 10.2. The van der Waals surface area contributed by atoms with Crippen LogP contribution in [0.15, 0.2) is 24.5 Å². The molecule has 0 bridgehead atoms. The van der Waals surface area contributed by atoms with E-state index in [9.17, 15) is 64.8 Å². The highest BCUT2D eigenvalue weighted by Crippen LogP contribution is 2.47. The van der Waals surface area contributed by atoms with Gasteiger partial charge in [-0.1, -0.05) is 32.6 Å². The highest BCUT2D eigenvalue weighted by atomic mass is 32.3. The molecule has 0 saturated heterocycles. The first kappa shape index (κ1) is 35.4. The maximum Gasteiger partial charge on any atom is 0.470 e. The van der Waals surface area contributed by atoms with E-state index < -0.39 is 50.0 Å². The first-order valence-corrected chi connectivity index (χ1v) is 14.7. The van der Waals surface area contributed by atoms with E-state index in [4.69, 9.17) is 0 Å². The molecule has 0 radical (unpaired) electrons. The molecule has 218 valence electrons. The van der Waals surface area contributed by atoms with Crippen molar-refractivity contribution in [2.45, 2.75) is 75.4 Å². The van der Waals surface area contributed by atoms with E-state index in [2.05, 4.69) is 42.9 Å². The number of hydrogen-bond acceptors (Lipinski definition) is 6. The summed E-state index contributed by atoms with van der Waals surface area (Å²) in [5, 5.41) is 0. The maximum atomic E-state index is 12.0. The molecule has 7 nitrogen and oxygen atoms in total. The van der Waals surface area contributed by atoms with Gasteiger partial charge in [-0.2, -0.15) is 39.5 Å². The van der Waals surface area contributed by atoms with Gasteiger partial charge in [-0.15, -0.1) is 0 Å². The summed E-state index contributed by atoms with van der Waals surface area (Å²) >= 11 is 0. The van der Waals surface area contributed by atoms with E-state index in [0.717, 1.165) is 0 Å². The SMILES string of the molecule is CCCCCCCC[n+]1cccc(C)c1.O=S(=O)([C-](S(=O)(=O)C(F)(F)F)S(=O)(=O)C(F)(F)F)C(F)(F)F. The fourth-order valence-electron chi connectivity index (χ4n) is 2.58. The Morgan fingerprint density at radius 3 is 1.43 bits per heavy atom. The minimum absolute atomic E-state index is 1.17. The van der Waals surface area contributed by atoms with Crippen molar-refractivity contribution in [3.8, 4) is 0 Å². The van der Waals surface area contributed by atoms with E-state index >= 15 is 0 Å². The number of halogens is 9. The predicted octanol–water partition coefficient (Wildman–Crippen LogP) is 4.88. The number of nitrogens with zero attached hydrogens (tertiary/aromatic N) is 1. The maximum absolute atomic E-state index is 12.0. The zero-order valence-corrected chi connectivity index (χ0v) is 21.7. The van der Waals surface area contributed by atoms with E-state index in [1.165, 1.54) is 50.6 Å². The van der Waals surface area contributed by atoms with Crippen molar-refractivity contribution in [1.82, 2.24) is 0 Å². The van der Waals surface area contributed by atoms with Gasteiger partial charge in [0.15, 0.2) is 41.9 Å². The number of aromatic nitrogens is 1. The van der Waals surface area contributed by atoms with Crippen LogP contribution in [0.3, 0.4) is 0 Å². The summed E-state index contributed by atoms with van der Waals surface area (Å²) in [5.74, 6) is 0. The Labute approximate surface area is 208 Å². The van der Waals surface area contributed by atoms with Crippen LogP contribution in [0.5, 0.6) is 0 Å². The smallest absolute Gasteiger partial charge is 0.251 e. The molecular formula is C18H24F9NO6S3. The van der Waals surface area contributed by atoms with Crippen LogP contribution in [0, 0.1) is 10.8 Å². The van der Waals surface area contributed by atoms with Crippen molar-refractivity contribution in [1.29, 1.82) is 0 Å². The molecule has 0 aliphatic rings. The van der Waals surface area contributed by atoms with Gasteiger partial charge in [-0.25, -0.2) is 4.57 Å². The Bertz CT molecular complexity index is 1090. The number of aryl methyl sites for hydroxylation is 2. The van der Waals surface area contributed by atoms with Crippen molar-refractivity contribution in [2.75, 3.05) is 0 Å². The second-order valence-electron chi connectivity index (χ2n) is 7.48. The van der Waals surface area contributed by atoms with Gasteiger partial charge in [0.25, 0.3) is 0 Å². The molecule has 0 fully saturated rings. The highest BCUT2D eigenvalue weighted by Gasteiger charge is 2.63. The lowest BCUT2D eigenvalue weighted by atomic mass is 10.1. The van der Waals surface area contributed by atoms with Gasteiger partial charge >= 0.3 is 16.5 Å². The van der Waals surface area contributed by atoms with E-state index in [0.29, 0.717) is 0 Å².